The van der Waals surface area contributed by atoms with Crippen LogP contribution in [0.15, 0.2) is 159 Å². The average Bonchev–Trinajstić information content (AvgIpc) is 3.57. The van der Waals surface area contributed by atoms with Gasteiger partial charge < -0.3 is 28.2 Å². The molecule has 5 aromatic rings. The van der Waals surface area contributed by atoms with Crippen LogP contribution >= 0.6 is 0 Å². The largest absolute Gasteiger partial charge is 1.00 e. The summed E-state index contributed by atoms with van der Waals surface area (Å²) >= 11 is 0. The molecule has 7 rings (SSSR count). The van der Waals surface area contributed by atoms with Gasteiger partial charge in [-0.15, -0.1) is 0 Å². The molecule has 0 bridgehead atoms. The number of hydrogen-bond acceptors (Lipinski definition) is 14. The van der Waals surface area contributed by atoms with Gasteiger partial charge in [-0.2, -0.15) is 4.58 Å². The van der Waals surface area contributed by atoms with Crippen LogP contribution in [0.25, 0.3) is 5.57 Å². The Labute approximate surface area is 454 Å². The Morgan fingerprint density at radius 1 is 0.597 bits per heavy atom. The smallest absolute Gasteiger partial charge is 0.744 e. The van der Waals surface area contributed by atoms with E-state index in [1.165, 1.54) is 72.8 Å². The molecule has 0 fully saturated rings. The van der Waals surface area contributed by atoms with Crippen molar-refractivity contribution in [3.63, 3.8) is 0 Å². The van der Waals surface area contributed by atoms with Crippen molar-refractivity contribution in [2.24, 2.45) is 0 Å². The predicted octanol–water partition coefficient (Wildman–Crippen LogP) is -2.77. The van der Waals surface area contributed by atoms with Gasteiger partial charge in [-0.3, -0.25) is 0 Å². The summed E-state index contributed by atoms with van der Waals surface area (Å²) in [5, 5.41) is 9.67. The SMILES string of the molecule is CC1(C)C(/C=C/C(=C/C=C2/N(c3cccc(S(=O)(=O)[O-])c3)c3ccc(S(=O)(=O)[O-])cc3C2(C)C)c2ccc(C(=O)O)cc2)=[N+](c2cccc(S(=O)(=O)[O-])c2)c2ccc(S(=O)(=O)[O-])cc21.[Na+].[Na+].[Na+]. The first-order valence-electron chi connectivity index (χ1n) is 18.8. The number of carboxylic acid groups (broad SMARTS) is 1. The Morgan fingerprint density at radius 2 is 1.09 bits per heavy atom. The number of anilines is 2. The summed E-state index contributed by atoms with van der Waals surface area (Å²) in [6.07, 6.45) is 6.54. The molecule has 0 saturated heterocycles. The van der Waals surface area contributed by atoms with Gasteiger partial charge >= 0.3 is 94.6 Å². The van der Waals surface area contributed by atoms with E-state index in [9.17, 15) is 61.8 Å². The minimum atomic E-state index is -4.94. The van der Waals surface area contributed by atoms with Gasteiger partial charge in [0.2, 0.25) is 11.4 Å². The number of hydrogen-bond donors (Lipinski definition) is 1. The molecule has 0 spiro atoms. The topological polar surface area (TPSA) is 272 Å². The van der Waals surface area contributed by atoms with Gasteiger partial charge in [0, 0.05) is 46.6 Å². The van der Waals surface area contributed by atoms with E-state index in [1.807, 2.05) is 0 Å². The van der Waals surface area contributed by atoms with Gasteiger partial charge in [0.05, 0.1) is 36.2 Å². The van der Waals surface area contributed by atoms with Crippen LogP contribution in [0.1, 0.15) is 54.7 Å². The van der Waals surface area contributed by atoms with E-state index in [0.29, 0.717) is 45.0 Å². The van der Waals surface area contributed by atoms with Crippen LogP contribution in [0.3, 0.4) is 0 Å². The summed E-state index contributed by atoms with van der Waals surface area (Å²) in [7, 11) is -19.7. The second kappa shape index (κ2) is 20.3. The first-order valence-corrected chi connectivity index (χ1v) is 24.5. The first-order chi connectivity index (χ1) is 29.6. The van der Waals surface area contributed by atoms with E-state index in [4.69, 9.17) is 0 Å². The van der Waals surface area contributed by atoms with Crippen LogP contribution in [0.2, 0.25) is 0 Å². The fourth-order valence-corrected chi connectivity index (χ4v) is 9.91. The molecule has 2 aliphatic rings. The maximum atomic E-state index is 12.2. The van der Waals surface area contributed by atoms with Crippen molar-refractivity contribution in [1.82, 2.24) is 4.58 Å². The molecule has 0 saturated carbocycles. The third-order valence-electron chi connectivity index (χ3n) is 11.1. The van der Waals surface area contributed by atoms with E-state index < -0.39 is 76.9 Å². The van der Waals surface area contributed by atoms with Crippen molar-refractivity contribution in [2.45, 2.75) is 58.1 Å². The zero-order chi connectivity index (χ0) is 46.9. The van der Waals surface area contributed by atoms with E-state index in [1.54, 1.807) is 61.5 Å². The molecule has 0 aromatic heterocycles. The molecule has 1 N–H and O–H groups in total. The molecule has 5 aromatic carbocycles. The Bertz CT molecular complexity index is 3420. The van der Waals surface area contributed by atoms with E-state index in [2.05, 4.69) is 0 Å². The molecule has 67 heavy (non-hydrogen) atoms. The average molecular weight is 1010 g/mol. The van der Waals surface area contributed by atoms with Crippen LogP contribution in [0.4, 0.5) is 22.7 Å². The summed E-state index contributed by atoms with van der Waals surface area (Å²) < 4.78 is 148. The Kier molecular flexibility index (Phi) is 17.1. The third kappa shape index (κ3) is 11.4. The van der Waals surface area contributed by atoms with Crippen molar-refractivity contribution in [3.05, 3.63) is 161 Å². The summed E-state index contributed by atoms with van der Waals surface area (Å²) in [5.41, 5.74) is 1.23. The van der Waals surface area contributed by atoms with Crippen LogP contribution in [0.5, 0.6) is 0 Å². The predicted molar refractivity (Wildman–Crippen MR) is 231 cm³/mol. The molecule has 16 nitrogen and oxygen atoms in total. The van der Waals surface area contributed by atoms with Crippen LogP contribution in [-0.4, -0.2) is 68.7 Å². The fraction of sp³-hybridized carbons (Fsp3) is 0.136. The molecule has 23 heteroatoms. The van der Waals surface area contributed by atoms with Gasteiger partial charge in [-0.05, 0) is 109 Å². The second-order valence-corrected chi connectivity index (χ2v) is 21.4. The first kappa shape index (κ1) is 56.5. The van der Waals surface area contributed by atoms with Crippen molar-refractivity contribution in [2.75, 3.05) is 4.90 Å². The minimum absolute atomic E-state index is 0. The van der Waals surface area contributed by atoms with Gasteiger partial charge in [0.25, 0.3) is 0 Å². The van der Waals surface area contributed by atoms with Crippen molar-refractivity contribution >= 4 is 80.5 Å². The van der Waals surface area contributed by atoms with E-state index >= 15 is 0 Å². The maximum absolute atomic E-state index is 12.2. The third-order valence-corrected chi connectivity index (χ3v) is 14.5. The molecule has 0 atom stereocenters. The quantitative estimate of drug-likeness (QED) is 0.0608. The summed E-state index contributed by atoms with van der Waals surface area (Å²) in [6.45, 7) is 6.93. The zero-order valence-corrected chi connectivity index (χ0v) is 46.2. The summed E-state index contributed by atoms with van der Waals surface area (Å²) in [4.78, 5) is 11.3. The number of allylic oxidation sites excluding steroid dienone is 6. The van der Waals surface area contributed by atoms with E-state index in [-0.39, 0.29) is 106 Å². The fourth-order valence-electron chi connectivity index (χ4n) is 7.90. The molecular formula is C44H35N2Na3O14S4. The van der Waals surface area contributed by atoms with Crippen molar-refractivity contribution < 1.29 is 150 Å². The number of fused-ring (bicyclic) bond motifs is 2. The number of carbonyl (C=O) groups is 1. The minimum Gasteiger partial charge on any atom is -0.744 e. The van der Waals surface area contributed by atoms with Crippen LogP contribution in [-0.2, 0) is 51.3 Å². The van der Waals surface area contributed by atoms with Gasteiger partial charge in [0.1, 0.15) is 40.5 Å². The van der Waals surface area contributed by atoms with Gasteiger partial charge in [-0.25, -0.2) is 38.5 Å². The molecule has 0 unspecified atom stereocenters. The Hall–Kier alpha value is -3.10. The molecule has 2 heterocycles. The number of benzene rings is 5. The monoisotopic (exact) mass is 1010 g/mol. The molecule has 0 amide bonds. The van der Waals surface area contributed by atoms with Crippen molar-refractivity contribution in [3.8, 4) is 0 Å². The molecule has 332 valence electrons. The Morgan fingerprint density at radius 3 is 1.64 bits per heavy atom. The number of rotatable bonds is 11. The van der Waals surface area contributed by atoms with Crippen LogP contribution < -0.4 is 98.1 Å². The molecule has 2 aliphatic heterocycles. The maximum Gasteiger partial charge on any atom is 1.00 e. The normalized spacial score (nSPS) is 16.2. The number of aromatic carboxylic acids is 1. The van der Waals surface area contributed by atoms with Gasteiger partial charge in [0.15, 0.2) is 5.71 Å². The summed E-state index contributed by atoms with van der Waals surface area (Å²) in [6, 6.07) is 23.5. The van der Waals surface area contributed by atoms with Crippen molar-refractivity contribution in [1.29, 1.82) is 0 Å². The number of carboxylic acids is 1. The standard InChI is InChI=1S/C44H38N2O14S4.3Na/c1-43(2)36-25-34(63(55,56)57)17-19-38(36)45(30-7-5-9-32(23-30)61(49,50)51)40(43)21-15-28(27-11-13-29(14-12-27)42(47)48)16-22-41-44(3,4)37-26-35(64(58,59)60)18-20-39(37)46(41)31-8-6-10-33(24-31)62(52,53)54;;;/h5-26H,1-4H3,(H4-,47,48,49,50,51,52,53,54,55,56,57,58,59,60);;;/q;3*+1/p-3. The molecule has 0 radical (unpaired) electrons. The zero-order valence-electron chi connectivity index (χ0n) is 37.0. The second-order valence-electron chi connectivity index (χ2n) is 15.9. The molecule has 0 aliphatic carbocycles. The van der Waals surface area contributed by atoms with Crippen LogP contribution in [0, 0.1) is 0 Å². The summed E-state index contributed by atoms with van der Waals surface area (Å²) in [5.74, 6) is -1.20. The number of nitrogens with zero attached hydrogens (tertiary/aromatic N) is 2. The van der Waals surface area contributed by atoms with Gasteiger partial charge in [-0.1, -0.05) is 44.2 Å². The Balaban J connectivity index is 0.00000327. The molecular weight excluding hydrogens is 978 g/mol. The van der Waals surface area contributed by atoms with E-state index in [0.717, 1.165) is 36.4 Å².